The minimum absolute atomic E-state index is 0.101. The number of nitrogens with zero attached hydrogens (tertiary/aromatic N) is 1. The highest BCUT2D eigenvalue weighted by Crippen LogP contribution is 2.32. The number of carbonyl (C=O) groups excluding carboxylic acids is 1. The minimum atomic E-state index is -0.630. The molecule has 0 fully saturated rings. The number of fused-ring (bicyclic) bond motifs is 1. The summed E-state index contributed by atoms with van der Waals surface area (Å²) < 4.78 is 19.5. The van der Waals surface area contributed by atoms with E-state index in [9.17, 15) is 9.59 Å². The summed E-state index contributed by atoms with van der Waals surface area (Å²) in [5.41, 5.74) is 0.696. The molecule has 7 heteroatoms. The van der Waals surface area contributed by atoms with Gasteiger partial charge in [0.15, 0.2) is 0 Å². The Bertz CT molecular complexity index is 1280. The van der Waals surface area contributed by atoms with Crippen molar-refractivity contribution in [1.29, 1.82) is 0 Å². The molecule has 38 heavy (non-hydrogen) atoms. The SMILES string of the molecule is CCCCOc1c(CNC(=O)OC(C)(C)C)n(CC(C)(C)C)c(=O)c2cc(OCc3ccccc3)ccc12. The number of rotatable bonds is 10. The van der Waals surface area contributed by atoms with Crippen molar-refractivity contribution in [2.24, 2.45) is 5.41 Å². The largest absolute Gasteiger partial charge is 0.491 e. The summed E-state index contributed by atoms with van der Waals surface area (Å²) in [7, 11) is 0. The van der Waals surface area contributed by atoms with Gasteiger partial charge in [-0.3, -0.25) is 4.79 Å². The van der Waals surface area contributed by atoms with Crippen LogP contribution in [0, 0.1) is 5.41 Å². The van der Waals surface area contributed by atoms with Crippen LogP contribution >= 0.6 is 0 Å². The van der Waals surface area contributed by atoms with Crippen molar-refractivity contribution in [2.75, 3.05) is 6.61 Å². The Morgan fingerprint density at radius 2 is 1.66 bits per heavy atom. The molecular weight excluding hydrogens is 480 g/mol. The maximum Gasteiger partial charge on any atom is 0.407 e. The Hall–Kier alpha value is -3.48. The standard InChI is InChI=1S/C31H42N2O5/c1-8-9-17-36-27-24-16-15-23(37-20-22-13-11-10-12-14-22)18-25(24)28(34)33(21-30(2,3)4)26(27)19-32-29(35)38-31(5,6)7/h10-16,18H,8-9,17,19-21H2,1-7H3,(H,32,35). The number of alkyl carbamates (subject to hydrolysis) is 1. The van der Waals surface area contributed by atoms with Crippen LogP contribution in [0.3, 0.4) is 0 Å². The highest BCUT2D eigenvalue weighted by molar-refractivity contribution is 5.89. The van der Waals surface area contributed by atoms with Gasteiger partial charge < -0.3 is 24.1 Å². The maximum atomic E-state index is 13.9. The molecule has 0 atom stereocenters. The van der Waals surface area contributed by atoms with Crippen LogP contribution in [-0.2, 0) is 24.4 Å². The lowest BCUT2D eigenvalue weighted by Crippen LogP contribution is -2.36. The van der Waals surface area contributed by atoms with Crippen LogP contribution in [0.15, 0.2) is 53.3 Å². The molecule has 1 heterocycles. The zero-order valence-corrected chi connectivity index (χ0v) is 23.8. The first kappa shape index (κ1) is 29.1. The fraction of sp³-hybridized carbons (Fsp3) is 0.484. The van der Waals surface area contributed by atoms with Gasteiger partial charge in [-0.25, -0.2) is 4.79 Å². The van der Waals surface area contributed by atoms with Gasteiger partial charge in [0, 0.05) is 11.9 Å². The molecule has 7 nitrogen and oxygen atoms in total. The van der Waals surface area contributed by atoms with Crippen LogP contribution < -0.4 is 20.3 Å². The summed E-state index contributed by atoms with van der Waals surface area (Å²) in [4.78, 5) is 26.4. The van der Waals surface area contributed by atoms with E-state index in [1.54, 1.807) is 10.6 Å². The first-order valence-electron chi connectivity index (χ1n) is 13.3. The van der Waals surface area contributed by atoms with Crippen molar-refractivity contribution < 1.29 is 19.0 Å². The number of benzene rings is 2. The molecule has 0 aliphatic heterocycles. The number of pyridine rings is 1. The molecule has 3 rings (SSSR count). The lowest BCUT2D eigenvalue weighted by molar-refractivity contribution is 0.0521. The Morgan fingerprint density at radius 3 is 2.29 bits per heavy atom. The zero-order valence-electron chi connectivity index (χ0n) is 23.8. The average molecular weight is 523 g/mol. The Labute approximate surface area is 226 Å². The third kappa shape index (κ3) is 8.27. The van der Waals surface area contributed by atoms with E-state index in [0.717, 1.165) is 18.4 Å². The van der Waals surface area contributed by atoms with E-state index < -0.39 is 11.7 Å². The van der Waals surface area contributed by atoms with Gasteiger partial charge in [-0.05, 0) is 56.4 Å². The first-order chi connectivity index (χ1) is 17.9. The molecule has 206 valence electrons. The van der Waals surface area contributed by atoms with Gasteiger partial charge in [-0.2, -0.15) is 0 Å². The predicted octanol–water partition coefficient (Wildman–Crippen LogP) is 6.83. The second-order valence-electron chi connectivity index (χ2n) is 11.8. The normalized spacial score (nSPS) is 11.9. The van der Waals surface area contributed by atoms with E-state index in [-0.39, 0.29) is 17.5 Å². The lowest BCUT2D eigenvalue weighted by atomic mass is 9.96. The van der Waals surface area contributed by atoms with E-state index in [0.29, 0.717) is 47.7 Å². The number of aromatic nitrogens is 1. The van der Waals surface area contributed by atoms with Gasteiger partial charge in [-0.15, -0.1) is 0 Å². The smallest absolute Gasteiger partial charge is 0.407 e. The van der Waals surface area contributed by atoms with Gasteiger partial charge in [0.25, 0.3) is 5.56 Å². The first-order valence-corrected chi connectivity index (χ1v) is 13.3. The van der Waals surface area contributed by atoms with E-state index in [1.165, 1.54) is 0 Å². The molecule has 0 spiro atoms. The summed E-state index contributed by atoms with van der Waals surface area (Å²) in [5.74, 6) is 1.21. The summed E-state index contributed by atoms with van der Waals surface area (Å²) in [6.07, 6.45) is 1.30. The Balaban J connectivity index is 2.08. The van der Waals surface area contributed by atoms with Gasteiger partial charge in [0.2, 0.25) is 0 Å². The fourth-order valence-electron chi connectivity index (χ4n) is 4.04. The minimum Gasteiger partial charge on any atom is -0.491 e. The fourth-order valence-corrected chi connectivity index (χ4v) is 4.04. The second kappa shape index (κ2) is 12.4. The zero-order chi connectivity index (χ0) is 27.9. The van der Waals surface area contributed by atoms with Crippen molar-refractivity contribution in [3.05, 3.63) is 70.1 Å². The van der Waals surface area contributed by atoms with Crippen LogP contribution in [0.25, 0.3) is 10.8 Å². The molecule has 0 unspecified atom stereocenters. The quantitative estimate of drug-likeness (QED) is 0.295. The topological polar surface area (TPSA) is 78.8 Å². The molecule has 0 saturated carbocycles. The number of hydrogen-bond donors (Lipinski definition) is 1. The number of hydrogen-bond acceptors (Lipinski definition) is 5. The molecule has 1 amide bonds. The number of unbranched alkanes of at least 4 members (excludes halogenated alkanes) is 1. The Morgan fingerprint density at radius 1 is 0.947 bits per heavy atom. The summed E-state index contributed by atoms with van der Waals surface area (Å²) in [5, 5.41) is 4.05. The van der Waals surface area contributed by atoms with Crippen LogP contribution in [0.4, 0.5) is 4.79 Å². The number of nitrogens with one attached hydrogen (secondary N) is 1. The van der Waals surface area contributed by atoms with Crippen LogP contribution in [-0.4, -0.2) is 22.9 Å². The molecule has 0 saturated heterocycles. The number of carbonyl (C=O) groups is 1. The van der Waals surface area contributed by atoms with E-state index in [4.69, 9.17) is 14.2 Å². The molecule has 2 aromatic carbocycles. The highest BCUT2D eigenvalue weighted by atomic mass is 16.6. The van der Waals surface area contributed by atoms with Gasteiger partial charge in [-0.1, -0.05) is 64.4 Å². The van der Waals surface area contributed by atoms with Crippen molar-refractivity contribution in [1.82, 2.24) is 9.88 Å². The Kier molecular flexibility index (Phi) is 9.47. The third-order valence-electron chi connectivity index (χ3n) is 5.72. The van der Waals surface area contributed by atoms with Gasteiger partial charge >= 0.3 is 6.09 Å². The number of amides is 1. The number of ether oxygens (including phenoxy) is 3. The molecule has 0 bridgehead atoms. The lowest BCUT2D eigenvalue weighted by Gasteiger charge is -2.26. The van der Waals surface area contributed by atoms with Crippen molar-refractivity contribution in [2.45, 2.75) is 86.6 Å². The van der Waals surface area contributed by atoms with Crippen molar-refractivity contribution >= 4 is 16.9 Å². The summed E-state index contributed by atoms with van der Waals surface area (Å²) >= 11 is 0. The van der Waals surface area contributed by atoms with E-state index in [2.05, 4.69) is 33.0 Å². The van der Waals surface area contributed by atoms with E-state index in [1.807, 2.05) is 63.2 Å². The monoisotopic (exact) mass is 522 g/mol. The molecule has 1 aromatic heterocycles. The molecular formula is C31H42N2O5. The molecule has 1 N–H and O–H groups in total. The predicted molar refractivity (Wildman–Crippen MR) is 152 cm³/mol. The van der Waals surface area contributed by atoms with Gasteiger partial charge in [0.05, 0.1) is 24.2 Å². The maximum absolute atomic E-state index is 13.9. The average Bonchev–Trinajstić information content (AvgIpc) is 2.83. The summed E-state index contributed by atoms with van der Waals surface area (Å²) in [6, 6.07) is 15.4. The summed E-state index contributed by atoms with van der Waals surface area (Å²) in [6.45, 7) is 15.2. The molecule has 3 aromatic rings. The highest BCUT2D eigenvalue weighted by Gasteiger charge is 2.24. The van der Waals surface area contributed by atoms with Crippen LogP contribution in [0.5, 0.6) is 11.5 Å². The molecule has 0 aliphatic rings. The van der Waals surface area contributed by atoms with E-state index >= 15 is 0 Å². The van der Waals surface area contributed by atoms with Gasteiger partial charge in [0.1, 0.15) is 23.7 Å². The van der Waals surface area contributed by atoms with Crippen molar-refractivity contribution in [3.8, 4) is 11.5 Å². The third-order valence-corrected chi connectivity index (χ3v) is 5.72. The molecule has 0 aliphatic carbocycles. The second-order valence-corrected chi connectivity index (χ2v) is 11.8. The van der Waals surface area contributed by atoms with Crippen LogP contribution in [0.1, 0.15) is 72.6 Å². The van der Waals surface area contributed by atoms with Crippen LogP contribution in [0.2, 0.25) is 0 Å². The van der Waals surface area contributed by atoms with Crippen molar-refractivity contribution in [3.63, 3.8) is 0 Å². The molecule has 0 radical (unpaired) electrons.